The second-order valence-corrected chi connectivity index (χ2v) is 6.49. The summed E-state index contributed by atoms with van der Waals surface area (Å²) in [7, 11) is 0. The predicted octanol–water partition coefficient (Wildman–Crippen LogP) is 3.13. The van der Waals surface area contributed by atoms with Crippen molar-refractivity contribution in [2.45, 2.75) is 57.5 Å². The number of fused-ring (bicyclic) bond motifs is 1. The molecule has 0 atom stereocenters. The number of tetrazole rings is 1. The molecular weight excluding hydrogens is 274 g/mol. The zero-order valence-corrected chi connectivity index (χ0v) is 13.0. The Kier molecular flexibility index (Phi) is 3.79. The molecular formula is C17H23N5. The first-order chi connectivity index (χ1) is 10.9. The standard InChI is InChI=1S/C17H23N5/c1-2-9-15(10-3-1)22-17(18-19-20-22)13-21-12-6-8-14-7-4-5-11-16(14)21/h4-5,7,11,15H,1-3,6,8-10,12-13H2. The molecule has 1 fully saturated rings. The molecule has 116 valence electrons. The lowest BCUT2D eigenvalue weighted by Gasteiger charge is -2.31. The van der Waals surface area contributed by atoms with E-state index >= 15 is 0 Å². The van der Waals surface area contributed by atoms with Crippen LogP contribution >= 0.6 is 0 Å². The van der Waals surface area contributed by atoms with E-state index in [1.165, 1.54) is 56.2 Å². The molecule has 22 heavy (non-hydrogen) atoms. The first-order valence-corrected chi connectivity index (χ1v) is 8.51. The molecule has 2 aliphatic rings. The van der Waals surface area contributed by atoms with Gasteiger partial charge >= 0.3 is 0 Å². The van der Waals surface area contributed by atoms with Crippen LogP contribution in [-0.2, 0) is 13.0 Å². The minimum absolute atomic E-state index is 0.499. The quantitative estimate of drug-likeness (QED) is 0.873. The molecule has 0 N–H and O–H groups in total. The first kappa shape index (κ1) is 13.7. The highest BCUT2D eigenvalue weighted by molar-refractivity contribution is 5.55. The van der Waals surface area contributed by atoms with Crippen LogP contribution in [0.1, 0.15) is 56.0 Å². The van der Waals surface area contributed by atoms with E-state index in [0.29, 0.717) is 6.04 Å². The number of rotatable bonds is 3. The van der Waals surface area contributed by atoms with Crippen LogP contribution in [0.25, 0.3) is 0 Å². The highest BCUT2D eigenvalue weighted by atomic mass is 15.6. The summed E-state index contributed by atoms with van der Waals surface area (Å²) < 4.78 is 2.09. The van der Waals surface area contributed by atoms with Gasteiger partial charge in [0.2, 0.25) is 0 Å². The maximum atomic E-state index is 4.32. The number of hydrogen-bond acceptors (Lipinski definition) is 4. The van der Waals surface area contributed by atoms with E-state index < -0.39 is 0 Å². The van der Waals surface area contributed by atoms with Gasteiger partial charge in [0.25, 0.3) is 0 Å². The minimum atomic E-state index is 0.499. The Balaban J connectivity index is 1.56. The van der Waals surface area contributed by atoms with Crippen molar-refractivity contribution in [1.29, 1.82) is 0 Å². The van der Waals surface area contributed by atoms with Crippen molar-refractivity contribution in [2.75, 3.05) is 11.4 Å². The average molecular weight is 297 g/mol. The van der Waals surface area contributed by atoms with Crippen LogP contribution < -0.4 is 4.90 Å². The number of benzene rings is 1. The fourth-order valence-corrected chi connectivity index (χ4v) is 3.87. The fraction of sp³-hybridized carbons (Fsp3) is 0.588. The number of aromatic nitrogens is 4. The molecule has 0 amide bonds. The molecule has 4 rings (SSSR count). The molecule has 1 aromatic carbocycles. The van der Waals surface area contributed by atoms with E-state index in [-0.39, 0.29) is 0 Å². The molecule has 1 saturated carbocycles. The van der Waals surface area contributed by atoms with Gasteiger partial charge in [-0.05, 0) is 47.7 Å². The Morgan fingerprint density at radius 2 is 1.91 bits per heavy atom. The van der Waals surface area contributed by atoms with Gasteiger partial charge in [-0.2, -0.15) is 0 Å². The Labute approximate surface area is 131 Å². The number of para-hydroxylation sites is 1. The van der Waals surface area contributed by atoms with Gasteiger partial charge in [-0.25, -0.2) is 4.68 Å². The van der Waals surface area contributed by atoms with Crippen molar-refractivity contribution in [3.63, 3.8) is 0 Å². The summed E-state index contributed by atoms with van der Waals surface area (Å²) in [6.45, 7) is 1.91. The maximum absolute atomic E-state index is 4.32. The maximum Gasteiger partial charge on any atom is 0.170 e. The normalized spacial score (nSPS) is 19.2. The SMILES string of the molecule is c1ccc2c(c1)CCCN2Cc1nnnn1C1CCCCC1. The molecule has 1 aromatic heterocycles. The van der Waals surface area contributed by atoms with Gasteiger partial charge in [-0.15, -0.1) is 5.10 Å². The molecule has 0 spiro atoms. The molecule has 5 heteroatoms. The Morgan fingerprint density at radius 3 is 2.82 bits per heavy atom. The molecule has 1 aliphatic carbocycles. The number of anilines is 1. The van der Waals surface area contributed by atoms with Gasteiger partial charge in [0.15, 0.2) is 5.82 Å². The summed E-state index contributed by atoms with van der Waals surface area (Å²) in [4.78, 5) is 2.43. The third-order valence-electron chi connectivity index (χ3n) is 5.02. The number of hydrogen-bond donors (Lipinski definition) is 0. The summed E-state index contributed by atoms with van der Waals surface area (Å²) in [6.07, 6.45) is 8.78. The molecule has 0 radical (unpaired) electrons. The van der Waals surface area contributed by atoms with Crippen molar-refractivity contribution >= 4 is 5.69 Å². The van der Waals surface area contributed by atoms with Crippen LogP contribution in [0.4, 0.5) is 5.69 Å². The van der Waals surface area contributed by atoms with Crippen LogP contribution in [0.2, 0.25) is 0 Å². The zero-order chi connectivity index (χ0) is 14.8. The second-order valence-electron chi connectivity index (χ2n) is 6.49. The Hall–Kier alpha value is -1.91. The van der Waals surface area contributed by atoms with Crippen LogP contribution in [0.3, 0.4) is 0 Å². The van der Waals surface area contributed by atoms with Gasteiger partial charge in [0.05, 0.1) is 12.6 Å². The Bertz CT molecular complexity index is 629. The van der Waals surface area contributed by atoms with Gasteiger partial charge < -0.3 is 4.90 Å². The summed E-state index contributed by atoms with van der Waals surface area (Å²) >= 11 is 0. The lowest BCUT2D eigenvalue weighted by molar-refractivity contribution is 0.316. The number of nitrogens with zero attached hydrogens (tertiary/aromatic N) is 5. The summed E-state index contributed by atoms with van der Waals surface area (Å²) in [5.74, 6) is 1.02. The largest absolute Gasteiger partial charge is 0.364 e. The molecule has 5 nitrogen and oxygen atoms in total. The van der Waals surface area contributed by atoms with E-state index in [2.05, 4.69) is 49.4 Å². The second kappa shape index (κ2) is 6.07. The molecule has 2 aromatic rings. The zero-order valence-electron chi connectivity index (χ0n) is 13.0. The van der Waals surface area contributed by atoms with Crippen LogP contribution in [0.5, 0.6) is 0 Å². The van der Waals surface area contributed by atoms with Gasteiger partial charge in [-0.3, -0.25) is 0 Å². The summed E-state index contributed by atoms with van der Waals surface area (Å²) in [6, 6.07) is 9.23. The van der Waals surface area contributed by atoms with E-state index in [1.807, 2.05) is 0 Å². The van der Waals surface area contributed by atoms with E-state index in [0.717, 1.165) is 18.9 Å². The predicted molar refractivity (Wildman–Crippen MR) is 85.8 cm³/mol. The third-order valence-corrected chi connectivity index (χ3v) is 5.02. The monoisotopic (exact) mass is 297 g/mol. The van der Waals surface area contributed by atoms with E-state index in [4.69, 9.17) is 0 Å². The lowest BCUT2D eigenvalue weighted by Crippen LogP contribution is -2.31. The van der Waals surface area contributed by atoms with Crippen molar-refractivity contribution in [1.82, 2.24) is 20.2 Å². The van der Waals surface area contributed by atoms with E-state index in [9.17, 15) is 0 Å². The van der Waals surface area contributed by atoms with E-state index in [1.54, 1.807) is 0 Å². The van der Waals surface area contributed by atoms with Crippen LogP contribution in [0, 0.1) is 0 Å². The molecule has 0 saturated heterocycles. The molecule has 1 aliphatic heterocycles. The van der Waals surface area contributed by atoms with Gasteiger partial charge in [0.1, 0.15) is 0 Å². The molecule has 2 heterocycles. The fourth-order valence-electron chi connectivity index (χ4n) is 3.87. The van der Waals surface area contributed by atoms with Crippen molar-refractivity contribution in [2.24, 2.45) is 0 Å². The lowest BCUT2D eigenvalue weighted by atomic mass is 9.95. The highest BCUT2D eigenvalue weighted by Gasteiger charge is 2.23. The molecule has 0 unspecified atom stereocenters. The smallest absolute Gasteiger partial charge is 0.170 e. The van der Waals surface area contributed by atoms with Crippen molar-refractivity contribution < 1.29 is 0 Å². The summed E-state index contributed by atoms with van der Waals surface area (Å²) in [5, 5.41) is 12.6. The van der Waals surface area contributed by atoms with Crippen LogP contribution in [0.15, 0.2) is 24.3 Å². The highest BCUT2D eigenvalue weighted by Crippen LogP contribution is 2.30. The first-order valence-electron chi connectivity index (χ1n) is 8.51. The van der Waals surface area contributed by atoms with Gasteiger partial charge in [-0.1, -0.05) is 37.5 Å². The topological polar surface area (TPSA) is 46.8 Å². The van der Waals surface area contributed by atoms with Crippen molar-refractivity contribution in [3.8, 4) is 0 Å². The third kappa shape index (κ3) is 2.60. The van der Waals surface area contributed by atoms with Crippen molar-refractivity contribution in [3.05, 3.63) is 35.7 Å². The molecule has 0 bridgehead atoms. The van der Waals surface area contributed by atoms with Crippen LogP contribution in [-0.4, -0.2) is 26.8 Å². The number of aryl methyl sites for hydroxylation is 1. The summed E-state index contributed by atoms with van der Waals surface area (Å²) in [5.41, 5.74) is 2.80. The van der Waals surface area contributed by atoms with Gasteiger partial charge in [0, 0.05) is 12.2 Å². The average Bonchev–Trinajstić information content (AvgIpc) is 3.04. The minimum Gasteiger partial charge on any atom is -0.364 e. The Morgan fingerprint density at radius 1 is 1.05 bits per heavy atom.